The fourth-order valence-corrected chi connectivity index (χ4v) is 2.04. The van der Waals surface area contributed by atoms with Crippen LogP contribution in [0.15, 0.2) is 61.1 Å². The molecule has 0 saturated carbocycles. The number of para-hydroxylation sites is 1. The number of aromatic nitrogens is 2. The zero-order chi connectivity index (χ0) is 13.1. The number of anilines is 1. The molecule has 0 aliphatic heterocycles. The van der Waals surface area contributed by atoms with Gasteiger partial charge in [-0.1, -0.05) is 18.2 Å². The summed E-state index contributed by atoms with van der Waals surface area (Å²) in [6, 6.07) is 13.4. The molecule has 0 aliphatic rings. The van der Waals surface area contributed by atoms with Crippen LogP contribution in [0.5, 0.6) is 0 Å². The molecular formula is C15H13N3O. The fourth-order valence-electron chi connectivity index (χ4n) is 2.04. The maximum atomic E-state index is 12.0. The summed E-state index contributed by atoms with van der Waals surface area (Å²) in [7, 11) is 0. The minimum Gasteiger partial charge on any atom is -0.345 e. The molecule has 1 aromatic carbocycles. The lowest BCUT2D eigenvalue weighted by Crippen LogP contribution is -2.18. The second-order valence-corrected chi connectivity index (χ2v) is 4.28. The molecule has 0 unspecified atom stereocenters. The monoisotopic (exact) mass is 251 g/mol. The summed E-state index contributed by atoms with van der Waals surface area (Å²) in [4.78, 5) is 16.3. The van der Waals surface area contributed by atoms with Crippen molar-refractivity contribution in [3.8, 4) is 0 Å². The SMILES string of the molecule is O=C(Cn1cccc1)Nc1cccc2cccnc12. The molecule has 3 rings (SSSR count). The van der Waals surface area contributed by atoms with Gasteiger partial charge < -0.3 is 9.88 Å². The van der Waals surface area contributed by atoms with Crippen molar-refractivity contribution in [2.75, 3.05) is 5.32 Å². The van der Waals surface area contributed by atoms with Crippen molar-refractivity contribution in [3.63, 3.8) is 0 Å². The number of hydrogen-bond donors (Lipinski definition) is 1. The molecule has 0 fully saturated rings. The number of carbonyl (C=O) groups is 1. The number of amides is 1. The van der Waals surface area contributed by atoms with Crippen LogP contribution in [0.3, 0.4) is 0 Å². The first-order valence-electron chi connectivity index (χ1n) is 6.07. The predicted octanol–water partition coefficient (Wildman–Crippen LogP) is 2.68. The average molecular weight is 251 g/mol. The average Bonchev–Trinajstić information content (AvgIpc) is 2.92. The second kappa shape index (κ2) is 4.94. The Morgan fingerprint density at radius 3 is 2.74 bits per heavy atom. The highest BCUT2D eigenvalue weighted by Crippen LogP contribution is 2.20. The van der Waals surface area contributed by atoms with Gasteiger partial charge in [0.05, 0.1) is 11.2 Å². The number of hydrogen-bond acceptors (Lipinski definition) is 2. The first-order chi connectivity index (χ1) is 9.33. The molecule has 0 radical (unpaired) electrons. The van der Waals surface area contributed by atoms with Gasteiger partial charge in [-0.2, -0.15) is 0 Å². The Bertz CT molecular complexity index is 699. The number of pyridine rings is 1. The molecule has 1 N–H and O–H groups in total. The van der Waals surface area contributed by atoms with Crippen molar-refractivity contribution in [2.45, 2.75) is 6.54 Å². The predicted molar refractivity (Wildman–Crippen MR) is 74.8 cm³/mol. The summed E-state index contributed by atoms with van der Waals surface area (Å²) in [6.45, 7) is 0.302. The Hall–Kier alpha value is -2.62. The Balaban J connectivity index is 1.83. The van der Waals surface area contributed by atoms with Gasteiger partial charge in [0.2, 0.25) is 5.91 Å². The number of benzene rings is 1. The first-order valence-corrected chi connectivity index (χ1v) is 6.07. The van der Waals surface area contributed by atoms with E-state index in [-0.39, 0.29) is 5.91 Å². The molecule has 2 aromatic heterocycles. The minimum atomic E-state index is -0.0608. The van der Waals surface area contributed by atoms with E-state index in [1.807, 2.05) is 59.4 Å². The van der Waals surface area contributed by atoms with E-state index in [0.29, 0.717) is 6.54 Å². The van der Waals surface area contributed by atoms with Crippen LogP contribution in [0.1, 0.15) is 0 Å². The van der Waals surface area contributed by atoms with E-state index in [0.717, 1.165) is 16.6 Å². The summed E-state index contributed by atoms with van der Waals surface area (Å²) in [6.07, 6.45) is 5.45. The first kappa shape index (κ1) is 11.5. The van der Waals surface area contributed by atoms with Crippen LogP contribution in [-0.2, 0) is 11.3 Å². The second-order valence-electron chi connectivity index (χ2n) is 4.28. The maximum absolute atomic E-state index is 12.0. The van der Waals surface area contributed by atoms with Gasteiger partial charge in [-0.25, -0.2) is 0 Å². The lowest BCUT2D eigenvalue weighted by molar-refractivity contribution is -0.116. The van der Waals surface area contributed by atoms with E-state index in [9.17, 15) is 4.79 Å². The van der Waals surface area contributed by atoms with Gasteiger partial charge in [-0.15, -0.1) is 0 Å². The largest absolute Gasteiger partial charge is 0.345 e. The van der Waals surface area contributed by atoms with Crippen LogP contribution in [-0.4, -0.2) is 15.5 Å². The van der Waals surface area contributed by atoms with Crippen molar-refractivity contribution >= 4 is 22.5 Å². The molecule has 4 heteroatoms. The van der Waals surface area contributed by atoms with Crippen molar-refractivity contribution in [2.24, 2.45) is 0 Å². The zero-order valence-electron chi connectivity index (χ0n) is 10.3. The number of rotatable bonds is 3. The Kier molecular flexibility index (Phi) is 2.98. The molecule has 19 heavy (non-hydrogen) atoms. The third-order valence-corrected chi connectivity index (χ3v) is 2.90. The maximum Gasteiger partial charge on any atom is 0.244 e. The van der Waals surface area contributed by atoms with Crippen LogP contribution in [0.4, 0.5) is 5.69 Å². The van der Waals surface area contributed by atoms with Gasteiger partial charge in [0.15, 0.2) is 0 Å². The summed E-state index contributed by atoms with van der Waals surface area (Å²) < 4.78 is 1.83. The molecule has 0 aliphatic carbocycles. The van der Waals surface area contributed by atoms with E-state index in [1.54, 1.807) is 6.20 Å². The van der Waals surface area contributed by atoms with Gasteiger partial charge in [-0.05, 0) is 24.3 Å². The van der Waals surface area contributed by atoms with Gasteiger partial charge in [-0.3, -0.25) is 9.78 Å². The van der Waals surface area contributed by atoms with Crippen LogP contribution in [0.25, 0.3) is 10.9 Å². The van der Waals surface area contributed by atoms with Gasteiger partial charge >= 0.3 is 0 Å². The van der Waals surface area contributed by atoms with Gasteiger partial charge in [0, 0.05) is 24.0 Å². The number of carbonyl (C=O) groups excluding carboxylic acids is 1. The van der Waals surface area contributed by atoms with Crippen molar-refractivity contribution in [1.29, 1.82) is 0 Å². The molecule has 94 valence electrons. The third-order valence-electron chi connectivity index (χ3n) is 2.90. The Morgan fingerprint density at radius 2 is 1.89 bits per heavy atom. The third kappa shape index (κ3) is 2.47. The smallest absolute Gasteiger partial charge is 0.244 e. The van der Waals surface area contributed by atoms with Crippen molar-refractivity contribution < 1.29 is 4.79 Å². The number of nitrogens with one attached hydrogen (secondary N) is 1. The van der Waals surface area contributed by atoms with Crippen molar-refractivity contribution in [1.82, 2.24) is 9.55 Å². The van der Waals surface area contributed by atoms with E-state index in [4.69, 9.17) is 0 Å². The highest BCUT2D eigenvalue weighted by atomic mass is 16.1. The van der Waals surface area contributed by atoms with Crippen LogP contribution >= 0.6 is 0 Å². The van der Waals surface area contributed by atoms with E-state index >= 15 is 0 Å². The molecular weight excluding hydrogens is 238 g/mol. The van der Waals surface area contributed by atoms with Crippen LogP contribution < -0.4 is 5.32 Å². The molecule has 2 heterocycles. The number of fused-ring (bicyclic) bond motifs is 1. The standard InChI is InChI=1S/C15H13N3O/c19-14(11-18-9-1-2-10-18)17-13-7-3-5-12-6-4-8-16-15(12)13/h1-10H,11H2,(H,17,19). The molecule has 3 aromatic rings. The highest BCUT2D eigenvalue weighted by molar-refractivity contribution is 6.00. The van der Waals surface area contributed by atoms with Gasteiger partial charge in [0.1, 0.15) is 6.54 Å². The molecule has 0 bridgehead atoms. The minimum absolute atomic E-state index is 0.0608. The molecule has 0 atom stereocenters. The molecule has 0 saturated heterocycles. The molecule has 0 spiro atoms. The normalized spacial score (nSPS) is 10.5. The van der Waals surface area contributed by atoms with E-state index in [2.05, 4.69) is 10.3 Å². The molecule has 4 nitrogen and oxygen atoms in total. The van der Waals surface area contributed by atoms with Gasteiger partial charge in [0.25, 0.3) is 0 Å². The van der Waals surface area contributed by atoms with E-state index in [1.165, 1.54) is 0 Å². The quantitative estimate of drug-likeness (QED) is 0.778. The highest BCUT2D eigenvalue weighted by Gasteiger charge is 2.06. The lowest BCUT2D eigenvalue weighted by Gasteiger charge is -2.08. The topological polar surface area (TPSA) is 46.9 Å². The molecule has 1 amide bonds. The zero-order valence-corrected chi connectivity index (χ0v) is 10.3. The summed E-state index contributed by atoms with van der Waals surface area (Å²) in [5, 5.41) is 3.92. The number of nitrogens with zero attached hydrogens (tertiary/aromatic N) is 2. The Labute approximate surface area is 110 Å². The van der Waals surface area contributed by atoms with E-state index < -0.39 is 0 Å². The van der Waals surface area contributed by atoms with Crippen LogP contribution in [0, 0.1) is 0 Å². The van der Waals surface area contributed by atoms with Crippen LogP contribution in [0.2, 0.25) is 0 Å². The summed E-state index contributed by atoms with van der Waals surface area (Å²) in [5.74, 6) is -0.0608. The lowest BCUT2D eigenvalue weighted by atomic mass is 10.2. The summed E-state index contributed by atoms with van der Waals surface area (Å²) in [5.41, 5.74) is 1.56. The van der Waals surface area contributed by atoms with Crippen molar-refractivity contribution in [3.05, 3.63) is 61.1 Å². The summed E-state index contributed by atoms with van der Waals surface area (Å²) >= 11 is 0. The fraction of sp³-hybridized carbons (Fsp3) is 0.0667. The Morgan fingerprint density at radius 1 is 1.11 bits per heavy atom.